The largest absolute Gasteiger partial charge is 0.369 e. The van der Waals surface area contributed by atoms with Gasteiger partial charge in [-0.1, -0.05) is 11.6 Å². The minimum absolute atomic E-state index is 0.268. The number of amides is 1. The molecule has 1 fully saturated rings. The van der Waals surface area contributed by atoms with Gasteiger partial charge in [0.2, 0.25) is 11.9 Å². The Bertz CT molecular complexity index is 1010. The SMILES string of the molecule is CN(CC(N)=O)[C@H]1CC[C@H](Nc2nc(Cl)cc(-c3c[nH]c4ncccc34)n2)CC1. The van der Waals surface area contributed by atoms with Crippen molar-refractivity contribution in [1.82, 2.24) is 24.8 Å². The van der Waals surface area contributed by atoms with Crippen LogP contribution in [0.25, 0.3) is 22.3 Å². The van der Waals surface area contributed by atoms with Crippen molar-refractivity contribution in [2.75, 3.05) is 18.9 Å². The molecular weight excluding hydrogens is 390 g/mol. The van der Waals surface area contributed by atoms with Crippen LogP contribution < -0.4 is 11.1 Å². The summed E-state index contributed by atoms with van der Waals surface area (Å²) in [7, 11) is 1.95. The summed E-state index contributed by atoms with van der Waals surface area (Å²) in [6.07, 6.45) is 7.55. The zero-order valence-corrected chi connectivity index (χ0v) is 17.0. The number of hydrogen-bond donors (Lipinski definition) is 3. The van der Waals surface area contributed by atoms with Crippen molar-refractivity contribution in [1.29, 1.82) is 0 Å². The number of hydrogen-bond acceptors (Lipinski definition) is 6. The number of carbonyl (C=O) groups is 1. The highest BCUT2D eigenvalue weighted by atomic mass is 35.5. The number of aromatic amines is 1. The number of likely N-dealkylation sites (N-methyl/N-ethyl adjacent to an activating group) is 1. The fraction of sp³-hybridized carbons (Fsp3) is 0.400. The lowest BCUT2D eigenvalue weighted by atomic mass is 9.90. The number of primary amides is 1. The smallest absolute Gasteiger partial charge is 0.231 e. The second-order valence-corrected chi connectivity index (χ2v) is 7.92. The Labute approximate surface area is 173 Å². The molecule has 152 valence electrons. The van der Waals surface area contributed by atoms with Gasteiger partial charge in [0.1, 0.15) is 10.8 Å². The van der Waals surface area contributed by atoms with E-state index in [0.717, 1.165) is 48.0 Å². The van der Waals surface area contributed by atoms with Crippen molar-refractivity contribution in [3.63, 3.8) is 0 Å². The summed E-state index contributed by atoms with van der Waals surface area (Å²) >= 11 is 6.28. The Kier molecular flexibility index (Phi) is 5.64. The van der Waals surface area contributed by atoms with Crippen LogP contribution >= 0.6 is 11.6 Å². The summed E-state index contributed by atoms with van der Waals surface area (Å²) in [5.41, 5.74) is 7.81. The number of rotatable bonds is 6. The number of carbonyl (C=O) groups excluding carboxylic acids is 1. The number of pyridine rings is 1. The molecular formula is C20H24ClN7O. The first-order valence-electron chi connectivity index (χ1n) is 9.71. The number of fused-ring (bicyclic) bond motifs is 1. The van der Waals surface area contributed by atoms with Gasteiger partial charge in [0, 0.05) is 41.5 Å². The van der Waals surface area contributed by atoms with Crippen LogP contribution in [0.4, 0.5) is 5.95 Å². The van der Waals surface area contributed by atoms with Crippen LogP contribution in [0, 0.1) is 0 Å². The highest BCUT2D eigenvalue weighted by Crippen LogP contribution is 2.29. The summed E-state index contributed by atoms with van der Waals surface area (Å²) in [4.78, 5) is 29.7. The van der Waals surface area contributed by atoms with Gasteiger partial charge in [-0.25, -0.2) is 15.0 Å². The van der Waals surface area contributed by atoms with E-state index >= 15 is 0 Å². The molecule has 4 rings (SSSR count). The van der Waals surface area contributed by atoms with Gasteiger partial charge in [-0.15, -0.1) is 0 Å². The molecule has 1 aliphatic carbocycles. The van der Waals surface area contributed by atoms with E-state index in [-0.39, 0.29) is 11.9 Å². The first-order chi connectivity index (χ1) is 14.0. The Hall–Kier alpha value is -2.71. The van der Waals surface area contributed by atoms with Gasteiger partial charge in [-0.3, -0.25) is 9.69 Å². The molecule has 0 atom stereocenters. The molecule has 3 aromatic heterocycles. The Morgan fingerprint density at radius 2 is 2.14 bits per heavy atom. The summed E-state index contributed by atoms with van der Waals surface area (Å²) in [5, 5.41) is 4.82. The molecule has 0 unspecified atom stereocenters. The molecule has 4 N–H and O–H groups in total. The molecule has 1 amide bonds. The van der Waals surface area contributed by atoms with E-state index in [0.29, 0.717) is 23.7 Å². The molecule has 9 heteroatoms. The van der Waals surface area contributed by atoms with Gasteiger partial charge in [-0.2, -0.15) is 0 Å². The fourth-order valence-electron chi connectivity index (χ4n) is 4.01. The van der Waals surface area contributed by atoms with E-state index in [1.54, 1.807) is 12.3 Å². The molecule has 1 saturated carbocycles. The van der Waals surface area contributed by atoms with Crippen molar-refractivity contribution >= 4 is 34.5 Å². The predicted molar refractivity (Wildman–Crippen MR) is 114 cm³/mol. The third-order valence-electron chi connectivity index (χ3n) is 5.48. The Balaban J connectivity index is 1.46. The van der Waals surface area contributed by atoms with Gasteiger partial charge in [0.15, 0.2) is 0 Å². The highest BCUT2D eigenvalue weighted by Gasteiger charge is 2.25. The minimum atomic E-state index is -0.292. The molecule has 1 aliphatic rings. The van der Waals surface area contributed by atoms with Crippen molar-refractivity contribution < 1.29 is 4.79 Å². The van der Waals surface area contributed by atoms with E-state index < -0.39 is 0 Å². The van der Waals surface area contributed by atoms with E-state index in [9.17, 15) is 4.79 Å². The lowest BCUT2D eigenvalue weighted by Gasteiger charge is -2.34. The van der Waals surface area contributed by atoms with Gasteiger partial charge >= 0.3 is 0 Å². The first-order valence-corrected chi connectivity index (χ1v) is 10.1. The first kappa shape index (κ1) is 19.6. The third-order valence-corrected chi connectivity index (χ3v) is 5.67. The van der Waals surface area contributed by atoms with E-state index in [1.165, 1.54) is 0 Å². The molecule has 3 aromatic rings. The predicted octanol–water partition coefficient (Wildman–Crippen LogP) is 2.81. The van der Waals surface area contributed by atoms with Gasteiger partial charge < -0.3 is 16.0 Å². The molecule has 29 heavy (non-hydrogen) atoms. The van der Waals surface area contributed by atoms with Crippen LogP contribution in [-0.4, -0.2) is 56.4 Å². The average Bonchev–Trinajstić information content (AvgIpc) is 3.12. The molecule has 8 nitrogen and oxygen atoms in total. The van der Waals surface area contributed by atoms with E-state index in [1.807, 2.05) is 30.3 Å². The number of anilines is 1. The van der Waals surface area contributed by atoms with E-state index in [4.69, 9.17) is 17.3 Å². The van der Waals surface area contributed by atoms with Gasteiger partial charge in [-0.05, 0) is 44.9 Å². The van der Waals surface area contributed by atoms with Crippen molar-refractivity contribution in [3.05, 3.63) is 35.7 Å². The lowest BCUT2D eigenvalue weighted by molar-refractivity contribution is -0.119. The number of aromatic nitrogens is 4. The number of halogens is 1. The van der Waals surface area contributed by atoms with Crippen molar-refractivity contribution in [3.8, 4) is 11.3 Å². The molecule has 0 spiro atoms. The Morgan fingerprint density at radius 3 is 2.90 bits per heavy atom. The summed E-state index contributed by atoms with van der Waals surface area (Å²) < 4.78 is 0. The zero-order valence-electron chi connectivity index (χ0n) is 16.2. The Morgan fingerprint density at radius 1 is 1.34 bits per heavy atom. The average molecular weight is 414 g/mol. The molecule has 0 radical (unpaired) electrons. The van der Waals surface area contributed by atoms with Crippen molar-refractivity contribution in [2.24, 2.45) is 5.73 Å². The van der Waals surface area contributed by atoms with Crippen LogP contribution in [0.5, 0.6) is 0 Å². The molecule has 0 saturated heterocycles. The normalized spacial score (nSPS) is 19.6. The van der Waals surface area contributed by atoms with Crippen LogP contribution in [0.1, 0.15) is 25.7 Å². The summed E-state index contributed by atoms with van der Waals surface area (Å²) in [5.74, 6) is 0.236. The number of nitrogens with two attached hydrogens (primary N) is 1. The zero-order chi connectivity index (χ0) is 20.4. The quantitative estimate of drug-likeness (QED) is 0.535. The second kappa shape index (κ2) is 8.34. The lowest BCUT2D eigenvalue weighted by Crippen LogP contribution is -2.42. The molecule has 0 bridgehead atoms. The summed E-state index contributed by atoms with van der Waals surface area (Å²) in [6, 6.07) is 6.30. The highest BCUT2D eigenvalue weighted by molar-refractivity contribution is 6.29. The maximum Gasteiger partial charge on any atom is 0.231 e. The van der Waals surface area contributed by atoms with Crippen LogP contribution in [0.3, 0.4) is 0 Å². The number of H-pyrrole nitrogens is 1. The maximum absolute atomic E-state index is 11.1. The van der Waals surface area contributed by atoms with Crippen LogP contribution in [-0.2, 0) is 4.79 Å². The van der Waals surface area contributed by atoms with E-state index in [2.05, 4.69) is 25.3 Å². The molecule has 3 heterocycles. The number of nitrogens with one attached hydrogen (secondary N) is 2. The minimum Gasteiger partial charge on any atom is -0.369 e. The maximum atomic E-state index is 11.1. The topological polar surface area (TPSA) is 113 Å². The van der Waals surface area contributed by atoms with Crippen LogP contribution in [0.15, 0.2) is 30.6 Å². The summed E-state index contributed by atoms with van der Waals surface area (Å²) in [6.45, 7) is 0.295. The standard InChI is InChI=1S/C20H24ClN7O/c1-28(11-18(22)29)13-6-4-12(5-7-13)25-20-26-16(9-17(21)27-20)15-10-24-19-14(15)3-2-8-23-19/h2-3,8-10,12-13H,4-7,11H2,1H3,(H2,22,29)(H,23,24)(H,25,26,27)/t12-,13-. The monoisotopic (exact) mass is 413 g/mol. The third kappa shape index (κ3) is 4.49. The fourth-order valence-corrected chi connectivity index (χ4v) is 4.19. The molecule has 0 aliphatic heterocycles. The molecule has 0 aromatic carbocycles. The van der Waals surface area contributed by atoms with Gasteiger partial charge in [0.25, 0.3) is 0 Å². The number of nitrogens with zero attached hydrogens (tertiary/aromatic N) is 4. The van der Waals surface area contributed by atoms with Gasteiger partial charge in [0.05, 0.1) is 12.2 Å². The van der Waals surface area contributed by atoms with Crippen LogP contribution in [0.2, 0.25) is 5.15 Å². The van der Waals surface area contributed by atoms with Crippen molar-refractivity contribution in [2.45, 2.75) is 37.8 Å². The second-order valence-electron chi connectivity index (χ2n) is 7.53.